The van der Waals surface area contributed by atoms with Crippen LogP contribution in [0, 0.1) is 5.82 Å². The van der Waals surface area contributed by atoms with Crippen LogP contribution in [0.25, 0.3) is 0 Å². The molecule has 2 aromatic rings. The number of benzene rings is 1. The van der Waals surface area contributed by atoms with Crippen LogP contribution in [0.3, 0.4) is 0 Å². The van der Waals surface area contributed by atoms with E-state index in [9.17, 15) is 14.0 Å². The van der Waals surface area contributed by atoms with E-state index in [1.54, 1.807) is 13.8 Å². The van der Waals surface area contributed by atoms with Gasteiger partial charge in [0.05, 0.1) is 6.20 Å². The number of carbonyl (C=O) groups is 2. The first-order valence-corrected chi connectivity index (χ1v) is 6.19. The minimum atomic E-state index is -1.30. The van der Waals surface area contributed by atoms with E-state index < -0.39 is 17.8 Å². The molecule has 0 aliphatic carbocycles. The van der Waals surface area contributed by atoms with E-state index >= 15 is 0 Å². The molecule has 0 aliphatic heterocycles. The lowest BCUT2D eigenvalue weighted by Crippen LogP contribution is -2.20. The van der Waals surface area contributed by atoms with Gasteiger partial charge in [-0.25, -0.2) is 14.0 Å². The second-order valence-electron chi connectivity index (χ2n) is 4.57. The Labute approximate surface area is 119 Å². The fourth-order valence-electron chi connectivity index (χ4n) is 1.79. The summed E-state index contributed by atoms with van der Waals surface area (Å²) in [4.78, 5) is 23.3. The number of esters is 1. The van der Waals surface area contributed by atoms with Gasteiger partial charge in [-0.2, -0.15) is 5.10 Å². The molecular formula is C14H13FN2O4. The van der Waals surface area contributed by atoms with Crippen LogP contribution in [0.4, 0.5) is 4.39 Å². The van der Waals surface area contributed by atoms with Crippen molar-refractivity contribution in [3.63, 3.8) is 0 Å². The van der Waals surface area contributed by atoms with Crippen LogP contribution >= 0.6 is 0 Å². The van der Waals surface area contributed by atoms with Crippen molar-refractivity contribution in [2.24, 2.45) is 0 Å². The molecule has 0 aliphatic rings. The maximum absolute atomic E-state index is 13.5. The quantitative estimate of drug-likeness (QED) is 0.691. The van der Waals surface area contributed by atoms with Crippen molar-refractivity contribution in [3.05, 3.63) is 47.5 Å². The largest absolute Gasteiger partial charge is 0.478 e. The van der Waals surface area contributed by atoms with Gasteiger partial charge < -0.3 is 9.84 Å². The van der Waals surface area contributed by atoms with E-state index in [0.29, 0.717) is 0 Å². The van der Waals surface area contributed by atoms with Gasteiger partial charge in [0, 0.05) is 6.04 Å². The third-order valence-corrected chi connectivity index (χ3v) is 2.75. The zero-order valence-electron chi connectivity index (χ0n) is 11.4. The third-order valence-electron chi connectivity index (χ3n) is 2.75. The lowest BCUT2D eigenvalue weighted by Gasteiger charge is -2.11. The lowest BCUT2D eigenvalue weighted by atomic mass is 10.2. The number of nitrogens with zero attached hydrogens (tertiary/aromatic N) is 2. The molecule has 0 radical (unpaired) electrons. The molecule has 1 heterocycles. The first-order valence-electron chi connectivity index (χ1n) is 6.19. The molecule has 110 valence electrons. The van der Waals surface area contributed by atoms with Gasteiger partial charge in [0.25, 0.3) is 0 Å². The van der Waals surface area contributed by atoms with Gasteiger partial charge in [0.15, 0.2) is 17.3 Å². The smallest absolute Gasteiger partial charge is 0.363 e. The van der Waals surface area contributed by atoms with E-state index in [1.165, 1.54) is 22.9 Å². The zero-order valence-corrected chi connectivity index (χ0v) is 11.4. The van der Waals surface area contributed by atoms with E-state index in [2.05, 4.69) is 5.10 Å². The van der Waals surface area contributed by atoms with Gasteiger partial charge in [0.1, 0.15) is 5.56 Å². The fraction of sp³-hybridized carbons (Fsp3) is 0.214. The number of aromatic carboxylic acids is 1. The van der Waals surface area contributed by atoms with Gasteiger partial charge >= 0.3 is 11.9 Å². The zero-order chi connectivity index (χ0) is 15.6. The number of hydrogen-bond donors (Lipinski definition) is 1. The van der Waals surface area contributed by atoms with Gasteiger partial charge in [-0.05, 0) is 26.0 Å². The molecule has 0 atom stereocenters. The Morgan fingerprint density at radius 3 is 2.57 bits per heavy atom. The first kappa shape index (κ1) is 14.7. The number of para-hydroxylation sites is 1. The molecule has 0 saturated heterocycles. The van der Waals surface area contributed by atoms with Crippen molar-refractivity contribution >= 4 is 11.9 Å². The summed E-state index contributed by atoms with van der Waals surface area (Å²) in [5, 5.41) is 13.0. The van der Waals surface area contributed by atoms with E-state index in [1.807, 2.05) is 0 Å². The molecule has 0 spiro atoms. The highest BCUT2D eigenvalue weighted by Gasteiger charge is 2.26. The fourth-order valence-corrected chi connectivity index (χ4v) is 1.79. The van der Waals surface area contributed by atoms with Gasteiger partial charge in [-0.3, -0.25) is 4.68 Å². The molecule has 1 N–H and O–H groups in total. The number of carbonyl (C=O) groups excluding carboxylic acids is 1. The van der Waals surface area contributed by atoms with E-state index in [-0.39, 0.29) is 23.0 Å². The van der Waals surface area contributed by atoms with Gasteiger partial charge in [0.2, 0.25) is 0 Å². The number of ether oxygens (including phenoxy) is 1. The summed E-state index contributed by atoms with van der Waals surface area (Å²) in [5.74, 6) is -3.25. The summed E-state index contributed by atoms with van der Waals surface area (Å²) < 4.78 is 19.7. The number of halogens is 1. The Balaban J connectivity index is 2.41. The molecule has 0 fully saturated rings. The average Bonchev–Trinajstić information content (AvgIpc) is 2.86. The van der Waals surface area contributed by atoms with Crippen LogP contribution in [0.1, 0.15) is 40.7 Å². The third kappa shape index (κ3) is 2.91. The average molecular weight is 292 g/mol. The summed E-state index contributed by atoms with van der Waals surface area (Å²) in [5.41, 5.74) is -0.509. The number of carboxylic acid groups (broad SMARTS) is 1. The molecule has 0 bridgehead atoms. The van der Waals surface area contributed by atoms with Crippen molar-refractivity contribution in [1.82, 2.24) is 9.78 Å². The molecule has 1 aromatic heterocycles. The van der Waals surface area contributed by atoms with Crippen molar-refractivity contribution in [2.45, 2.75) is 19.9 Å². The lowest BCUT2D eigenvalue weighted by molar-refractivity contribution is 0.0659. The van der Waals surface area contributed by atoms with Crippen molar-refractivity contribution in [3.8, 4) is 5.75 Å². The summed E-state index contributed by atoms with van der Waals surface area (Å²) in [6.07, 6.45) is 1.07. The second kappa shape index (κ2) is 5.74. The SMILES string of the molecule is CC(C)n1ncc(C(=O)O)c1C(=O)Oc1ccccc1F. The van der Waals surface area contributed by atoms with Gasteiger partial charge in [-0.1, -0.05) is 12.1 Å². The van der Waals surface area contributed by atoms with Crippen LogP contribution in [0.15, 0.2) is 30.5 Å². The Hall–Kier alpha value is -2.70. The van der Waals surface area contributed by atoms with Gasteiger partial charge in [-0.15, -0.1) is 0 Å². The predicted molar refractivity (Wildman–Crippen MR) is 70.9 cm³/mol. The van der Waals surface area contributed by atoms with Crippen LogP contribution in [0.5, 0.6) is 5.75 Å². The highest BCUT2D eigenvalue weighted by Crippen LogP contribution is 2.20. The van der Waals surface area contributed by atoms with E-state index in [4.69, 9.17) is 9.84 Å². The highest BCUT2D eigenvalue weighted by molar-refractivity contribution is 6.01. The van der Waals surface area contributed by atoms with Crippen LogP contribution < -0.4 is 4.74 Å². The molecule has 0 amide bonds. The normalized spacial score (nSPS) is 10.7. The number of hydrogen-bond acceptors (Lipinski definition) is 4. The Kier molecular flexibility index (Phi) is 4.02. The topological polar surface area (TPSA) is 81.4 Å². The molecule has 1 aromatic carbocycles. The van der Waals surface area contributed by atoms with Crippen LogP contribution in [0.2, 0.25) is 0 Å². The predicted octanol–water partition coefficient (Wildman–Crippen LogP) is 2.52. The number of aromatic nitrogens is 2. The summed E-state index contributed by atoms with van der Waals surface area (Å²) in [6, 6.07) is 5.13. The van der Waals surface area contributed by atoms with Crippen molar-refractivity contribution < 1.29 is 23.8 Å². The van der Waals surface area contributed by atoms with Crippen LogP contribution in [-0.2, 0) is 0 Å². The minimum Gasteiger partial charge on any atom is -0.478 e. The number of rotatable bonds is 4. The summed E-state index contributed by atoms with van der Waals surface area (Å²) in [7, 11) is 0. The molecule has 0 saturated carbocycles. The molecule has 21 heavy (non-hydrogen) atoms. The molecular weight excluding hydrogens is 279 g/mol. The minimum absolute atomic E-state index is 0.222. The first-order chi connectivity index (χ1) is 9.91. The van der Waals surface area contributed by atoms with Crippen molar-refractivity contribution in [1.29, 1.82) is 0 Å². The summed E-state index contributed by atoms with van der Waals surface area (Å²) >= 11 is 0. The maximum atomic E-state index is 13.5. The molecule has 2 rings (SSSR count). The maximum Gasteiger partial charge on any atom is 0.363 e. The Morgan fingerprint density at radius 1 is 1.33 bits per heavy atom. The van der Waals surface area contributed by atoms with Crippen LogP contribution in [-0.4, -0.2) is 26.8 Å². The molecule has 7 heteroatoms. The monoisotopic (exact) mass is 292 g/mol. The second-order valence-corrected chi connectivity index (χ2v) is 4.57. The molecule has 6 nitrogen and oxygen atoms in total. The Bertz CT molecular complexity index is 694. The Morgan fingerprint density at radius 2 is 2.00 bits per heavy atom. The standard InChI is InChI=1S/C14H13FN2O4/c1-8(2)17-12(9(7-16-17)13(18)19)14(20)21-11-6-4-3-5-10(11)15/h3-8H,1-2H3,(H,18,19). The van der Waals surface area contributed by atoms with Crippen molar-refractivity contribution in [2.75, 3.05) is 0 Å². The molecule has 0 unspecified atom stereocenters. The highest BCUT2D eigenvalue weighted by atomic mass is 19.1. The number of carboxylic acids is 1. The summed E-state index contributed by atoms with van der Waals surface area (Å²) in [6.45, 7) is 3.47. The van der Waals surface area contributed by atoms with E-state index in [0.717, 1.165) is 12.3 Å².